The highest BCUT2D eigenvalue weighted by Gasteiger charge is 2.10. The molecule has 0 fully saturated rings. The Hall–Kier alpha value is -0.910. The third-order valence-electron chi connectivity index (χ3n) is 3.13. The monoisotopic (exact) mass is 415 g/mol. The second kappa shape index (κ2) is 7.38. The summed E-state index contributed by atoms with van der Waals surface area (Å²) in [4.78, 5) is 0. The predicted octanol–water partition coefficient (Wildman–Crippen LogP) is 5.42. The van der Waals surface area contributed by atoms with E-state index in [9.17, 15) is 4.39 Å². The Morgan fingerprint density at radius 1 is 1.14 bits per heavy atom. The van der Waals surface area contributed by atoms with Gasteiger partial charge in [-0.15, -0.1) is 0 Å². The normalized spacial score (nSPS) is 12.2. The van der Waals surface area contributed by atoms with E-state index in [1.807, 2.05) is 25.1 Å². The van der Waals surface area contributed by atoms with Gasteiger partial charge in [-0.25, -0.2) is 4.39 Å². The van der Waals surface area contributed by atoms with Crippen molar-refractivity contribution in [1.82, 2.24) is 0 Å². The minimum Gasteiger partial charge on any atom is -0.453 e. The van der Waals surface area contributed by atoms with Gasteiger partial charge in [0.15, 0.2) is 11.6 Å². The molecule has 2 aromatic rings. The maximum Gasteiger partial charge on any atom is 0.165 e. The van der Waals surface area contributed by atoms with Gasteiger partial charge in [0.2, 0.25) is 0 Å². The molecule has 0 aliphatic heterocycles. The minimum absolute atomic E-state index is 0.0526. The van der Waals surface area contributed by atoms with Gasteiger partial charge < -0.3 is 10.5 Å². The summed E-state index contributed by atoms with van der Waals surface area (Å²) in [5.41, 5.74) is 6.77. The van der Waals surface area contributed by atoms with Gasteiger partial charge in [-0.1, -0.05) is 28.9 Å². The van der Waals surface area contributed by atoms with Gasteiger partial charge in [0.05, 0.1) is 4.47 Å². The third-order valence-corrected chi connectivity index (χ3v) is 4.25. The molecule has 0 radical (unpaired) electrons. The molecule has 0 saturated carbocycles. The molecule has 0 amide bonds. The van der Waals surface area contributed by atoms with Gasteiger partial charge in [-0.3, -0.25) is 0 Å². The van der Waals surface area contributed by atoms with Crippen LogP contribution in [0.5, 0.6) is 11.5 Å². The first-order chi connectivity index (χ1) is 9.99. The average molecular weight is 417 g/mol. The molecule has 0 aliphatic rings. The number of halogens is 3. The van der Waals surface area contributed by atoms with Crippen LogP contribution in [0.15, 0.2) is 45.3 Å². The Morgan fingerprint density at radius 2 is 1.86 bits per heavy atom. The topological polar surface area (TPSA) is 35.2 Å². The van der Waals surface area contributed by atoms with Crippen molar-refractivity contribution in [1.29, 1.82) is 0 Å². The first kappa shape index (κ1) is 16.5. The number of hydrogen-bond donors (Lipinski definition) is 1. The highest BCUT2D eigenvalue weighted by molar-refractivity contribution is 9.11. The molecule has 112 valence electrons. The molecule has 0 spiro atoms. The van der Waals surface area contributed by atoms with Gasteiger partial charge in [0.25, 0.3) is 0 Å². The van der Waals surface area contributed by atoms with Gasteiger partial charge in [0.1, 0.15) is 5.75 Å². The lowest BCUT2D eigenvalue weighted by Crippen LogP contribution is -2.21. The number of hydrogen-bond acceptors (Lipinski definition) is 2. The zero-order valence-corrected chi connectivity index (χ0v) is 14.7. The van der Waals surface area contributed by atoms with Crippen LogP contribution in [0.2, 0.25) is 0 Å². The van der Waals surface area contributed by atoms with Crippen molar-refractivity contribution in [3.8, 4) is 11.5 Å². The minimum atomic E-state index is -0.384. The molecule has 2 N–H and O–H groups in total. The summed E-state index contributed by atoms with van der Waals surface area (Å²) in [5.74, 6) is 0.382. The molecule has 2 aromatic carbocycles. The smallest absolute Gasteiger partial charge is 0.165 e. The van der Waals surface area contributed by atoms with Crippen molar-refractivity contribution in [3.63, 3.8) is 0 Å². The summed E-state index contributed by atoms with van der Waals surface area (Å²) in [5, 5.41) is 0. The standard InChI is InChI=1S/C16H16Br2FNO/c1-2-12(20)7-10-3-5-16(14(19)8-10)21-15-6-4-11(17)9-13(15)18/h3-6,8-9,12H,2,7,20H2,1H3. The van der Waals surface area contributed by atoms with E-state index in [0.29, 0.717) is 12.2 Å². The second-order valence-corrected chi connectivity index (χ2v) is 6.58. The van der Waals surface area contributed by atoms with Gasteiger partial charge in [0, 0.05) is 10.5 Å². The van der Waals surface area contributed by atoms with Crippen LogP contribution in [0.25, 0.3) is 0 Å². The molecule has 1 unspecified atom stereocenters. The average Bonchev–Trinajstić information content (AvgIpc) is 2.44. The van der Waals surface area contributed by atoms with E-state index in [-0.39, 0.29) is 17.6 Å². The maximum absolute atomic E-state index is 14.1. The number of rotatable bonds is 5. The fourth-order valence-corrected chi connectivity index (χ4v) is 3.01. The molecular weight excluding hydrogens is 401 g/mol. The first-order valence-corrected chi connectivity index (χ1v) is 8.25. The molecule has 5 heteroatoms. The van der Waals surface area contributed by atoms with E-state index in [0.717, 1.165) is 20.9 Å². The van der Waals surface area contributed by atoms with Crippen molar-refractivity contribution in [2.75, 3.05) is 0 Å². The Morgan fingerprint density at radius 3 is 2.48 bits per heavy atom. The lowest BCUT2D eigenvalue weighted by atomic mass is 10.0. The Bertz CT molecular complexity index is 634. The number of ether oxygens (including phenoxy) is 1. The van der Waals surface area contributed by atoms with Crippen LogP contribution >= 0.6 is 31.9 Å². The van der Waals surface area contributed by atoms with Crippen LogP contribution in [-0.2, 0) is 6.42 Å². The Balaban J connectivity index is 2.17. The zero-order chi connectivity index (χ0) is 15.4. The van der Waals surface area contributed by atoms with Crippen molar-refractivity contribution in [3.05, 3.63) is 56.7 Å². The number of benzene rings is 2. The lowest BCUT2D eigenvalue weighted by Gasteiger charge is -2.12. The molecule has 2 rings (SSSR count). The van der Waals surface area contributed by atoms with Crippen LogP contribution in [0.3, 0.4) is 0 Å². The van der Waals surface area contributed by atoms with Crippen LogP contribution in [0, 0.1) is 5.82 Å². The van der Waals surface area contributed by atoms with Crippen LogP contribution in [-0.4, -0.2) is 6.04 Å². The molecule has 0 saturated heterocycles. The van der Waals surface area contributed by atoms with E-state index >= 15 is 0 Å². The zero-order valence-electron chi connectivity index (χ0n) is 11.6. The van der Waals surface area contributed by atoms with Crippen molar-refractivity contribution in [2.24, 2.45) is 5.73 Å². The SMILES string of the molecule is CCC(N)Cc1ccc(Oc2ccc(Br)cc2Br)c(F)c1. The molecule has 0 aromatic heterocycles. The highest BCUT2D eigenvalue weighted by Crippen LogP contribution is 2.33. The highest BCUT2D eigenvalue weighted by atomic mass is 79.9. The molecule has 0 aliphatic carbocycles. The fraction of sp³-hybridized carbons (Fsp3) is 0.250. The quantitative estimate of drug-likeness (QED) is 0.705. The van der Waals surface area contributed by atoms with Gasteiger partial charge in [-0.05, 0) is 64.7 Å². The Kier molecular flexibility index (Phi) is 5.79. The summed E-state index contributed by atoms with van der Waals surface area (Å²) >= 11 is 6.76. The van der Waals surface area contributed by atoms with E-state index in [1.54, 1.807) is 12.1 Å². The molecule has 21 heavy (non-hydrogen) atoms. The predicted molar refractivity (Wildman–Crippen MR) is 90.3 cm³/mol. The van der Waals surface area contributed by atoms with Crippen molar-refractivity contribution in [2.45, 2.75) is 25.8 Å². The summed E-state index contributed by atoms with van der Waals surface area (Å²) in [6, 6.07) is 10.5. The van der Waals surface area contributed by atoms with E-state index in [4.69, 9.17) is 10.5 Å². The summed E-state index contributed by atoms with van der Waals surface area (Å²) < 4.78 is 21.4. The second-order valence-electron chi connectivity index (χ2n) is 4.81. The van der Waals surface area contributed by atoms with E-state index < -0.39 is 0 Å². The molecule has 0 bridgehead atoms. The third kappa shape index (κ3) is 4.53. The fourth-order valence-electron chi connectivity index (χ4n) is 1.88. The van der Waals surface area contributed by atoms with Gasteiger partial charge in [-0.2, -0.15) is 0 Å². The largest absolute Gasteiger partial charge is 0.453 e. The van der Waals surface area contributed by atoms with Crippen molar-refractivity contribution < 1.29 is 9.13 Å². The molecule has 2 nitrogen and oxygen atoms in total. The van der Waals surface area contributed by atoms with Crippen LogP contribution in [0.1, 0.15) is 18.9 Å². The number of nitrogens with two attached hydrogens (primary N) is 1. The summed E-state index contributed by atoms with van der Waals surface area (Å²) in [6.07, 6.45) is 1.53. The van der Waals surface area contributed by atoms with Crippen LogP contribution < -0.4 is 10.5 Å². The lowest BCUT2D eigenvalue weighted by molar-refractivity contribution is 0.439. The van der Waals surface area contributed by atoms with E-state index in [2.05, 4.69) is 31.9 Å². The maximum atomic E-state index is 14.1. The van der Waals surface area contributed by atoms with E-state index in [1.165, 1.54) is 6.07 Å². The Labute approximate surface area is 140 Å². The van der Waals surface area contributed by atoms with Gasteiger partial charge >= 0.3 is 0 Å². The first-order valence-electron chi connectivity index (χ1n) is 6.66. The summed E-state index contributed by atoms with van der Waals surface area (Å²) in [6.45, 7) is 2.02. The van der Waals surface area contributed by atoms with Crippen molar-refractivity contribution >= 4 is 31.9 Å². The summed E-state index contributed by atoms with van der Waals surface area (Å²) in [7, 11) is 0. The molecule has 0 heterocycles. The van der Waals surface area contributed by atoms with Crippen LogP contribution in [0.4, 0.5) is 4.39 Å². The molecular formula is C16H16Br2FNO. The molecule has 1 atom stereocenters.